The molecule has 144 valence electrons. The summed E-state index contributed by atoms with van der Waals surface area (Å²) < 4.78 is 41.2. The van der Waals surface area contributed by atoms with Gasteiger partial charge < -0.3 is 15.0 Å². The van der Waals surface area contributed by atoms with Crippen molar-refractivity contribution in [2.24, 2.45) is 0 Å². The molecule has 0 fully saturated rings. The van der Waals surface area contributed by atoms with Crippen LogP contribution in [0.5, 0.6) is 5.88 Å². The Morgan fingerprint density at radius 3 is 2.89 bits per heavy atom. The average Bonchev–Trinajstić information content (AvgIpc) is 3.19. The molecule has 3 heterocycles. The Bertz CT molecular complexity index is 806. The molecule has 1 aliphatic rings. The number of alkyl halides is 3. The molecule has 2 aromatic rings. The van der Waals surface area contributed by atoms with Crippen molar-refractivity contribution in [1.29, 1.82) is 0 Å². The van der Waals surface area contributed by atoms with Gasteiger partial charge in [-0.05, 0) is 35.1 Å². The molecule has 3 rings (SSSR count). The maximum Gasteiger partial charge on any atom is 0.422 e. The van der Waals surface area contributed by atoms with Gasteiger partial charge in [0.2, 0.25) is 5.88 Å². The zero-order valence-corrected chi connectivity index (χ0v) is 15.1. The van der Waals surface area contributed by atoms with E-state index in [0.717, 1.165) is 6.42 Å². The van der Waals surface area contributed by atoms with Gasteiger partial charge in [-0.25, -0.2) is 9.78 Å². The topological polar surface area (TPSA) is 54.5 Å². The number of rotatable bonds is 5. The van der Waals surface area contributed by atoms with Crippen LogP contribution in [0.25, 0.3) is 5.57 Å². The fourth-order valence-corrected chi connectivity index (χ4v) is 3.42. The molecule has 0 unspecified atom stereocenters. The van der Waals surface area contributed by atoms with Crippen LogP contribution in [-0.2, 0) is 6.54 Å². The van der Waals surface area contributed by atoms with Gasteiger partial charge in [0.15, 0.2) is 6.61 Å². The minimum atomic E-state index is -4.42. The first kappa shape index (κ1) is 19.2. The number of hydrogen-bond acceptors (Lipinski definition) is 4. The van der Waals surface area contributed by atoms with Crippen LogP contribution in [0.15, 0.2) is 41.9 Å². The van der Waals surface area contributed by atoms with Crippen LogP contribution in [0.3, 0.4) is 0 Å². The number of aromatic nitrogens is 1. The van der Waals surface area contributed by atoms with Crippen molar-refractivity contribution in [1.82, 2.24) is 15.2 Å². The van der Waals surface area contributed by atoms with Crippen LogP contribution < -0.4 is 10.1 Å². The minimum Gasteiger partial charge on any atom is -0.468 e. The summed E-state index contributed by atoms with van der Waals surface area (Å²) in [5.41, 5.74) is 1.86. The van der Waals surface area contributed by atoms with E-state index >= 15 is 0 Å². The summed E-state index contributed by atoms with van der Waals surface area (Å²) >= 11 is 1.68. The van der Waals surface area contributed by atoms with Crippen LogP contribution in [0, 0.1) is 0 Å². The lowest BCUT2D eigenvalue weighted by Gasteiger charge is -2.26. The molecular weight excluding hydrogens is 379 g/mol. The fourth-order valence-electron chi connectivity index (χ4n) is 2.62. The number of nitrogens with one attached hydrogen (secondary N) is 1. The van der Waals surface area contributed by atoms with Crippen molar-refractivity contribution in [2.75, 3.05) is 19.7 Å². The van der Waals surface area contributed by atoms with Gasteiger partial charge in [-0.2, -0.15) is 13.2 Å². The van der Waals surface area contributed by atoms with E-state index in [4.69, 9.17) is 0 Å². The first-order valence-electron chi connectivity index (χ1n) is 8.31. The third-order valence-electron chi connectivity index (χ3n) is 3.96. The quantitative estimate of drug-likeness (QED) is 0.827. The van der Waals surface area contributed by atoms with Crippen LogP contribution in [0.4, 0.5) is 18.0 Å². The predicted octanol–water partition coefficient (Wildman–Crippen LogP) is 4.08. The Hall–Kier alpha value is -2.55. The van der Waals surface area contributed by atoms with Crippen LogP contribution in [0.2, 0.25) is 0 Å². The summed E-state index contributed by atoms with van der Waals surface area (Å²) in [7, 11) is 0. The molecular formula is C18H18F3N3O2S. The van der Waals surface area contributed by atoms with E-state index in [1.807, 2.05) is 17.5 Å². The number of halogens is 3. The molecule has 0 aliphatic carbocycles. The molecule has 0 aromatic carbocycles. The van der Waals surface area contributed by atoms with Crippen molar-refractivity contribution >= 4 is 22.9 Å². The highest BCUT2D eigenvalue weighted by Gasteiger charge is 2.28. The van der Waals surface area contributed by atoms with Crippen molar-refractivity contribution in [3.8, 4) is 5.88 Å². The molecule has 2 aromatic heterocycles. The Labute approximate surface area is 158 Å². The molecule has 0 bridgehead atoms. The molecule has 9 heteroatoms. The number of urea groups is 1. The Kier molecular flexibility index (Phi) is 6.00. The monoisotopic (exact) mass is 397 g/mol. The molecule has 27 heavy (non-hydrogen) atoms. The number of carbonyl (C=O) groups is 1. The first-order chi connectivity index (χ1) is 12.9. The highest BCUT2D eigenvalue weighted by atomic mass is 32.1. The minimum absolute atomic E-state index is 0.124. The van der Waals surface area contributed by atoms with Gasteiger partial charge in [0, 0.05) is 36.8 Å². The Morgan fingerprint density at radius 1 is 1.37 bits per heavy atom. The molecule has 0 saturated carbocycles. The summed E-state index contributed by atoms with van der Waals surface area (Å²) in [5, 5.41) is 4.80. The first-order valence-corrected chi connectivity index (χ1v) is 9.19. The van der Waals surface area contributed by atoms with Crippen LogP contribution in [0.1, 0.15) is 16.9 Å². The smallest absolute Gasteiger partial charge is 0.422 e. The molecule has 5 nitrogen and oxygen atoms in total. The van der Waals surface area contributed by atoms with Gasteiger partial charge in [0.25, 0.3) is 0 Å². The third kappa shape index (κ3) is 5.72. The van der Waals surface area contributed by atoms with Gasteiger partial charge >= 0.3 is 12.2 Å². The lowest BCUT2D eigenvalue weighted by atomic mass is 10.1. The number of nitrogens with zero attached hydrogens (tertiary/aromatic N) is 2. The van der Waals surface area contributed by atoms with Gasteiger partial charge in [0.1, 0.15) is 0 Å². The number of ether oxygens (including phenoxy) is 1. The molecule has 2 amide bonds. The zero-order chi connectivity index (χ0) is 19.3. The Balaban J connectivity index is 1.49. The Morgan fingerprint density at radius 2 is 2.22 bits per heavy atom. The normalized spacial score (nSPS) is 14.6. The summed E-state index contributed by atoms with van der Waals surface area (Å²) in [6.07, 6.45) is -0.233. The molecule has 0 spiro atoms. The zero-order valence-electron chi connectivity index (χ0n) is 14.3. The second-order valence-electron chi connectivity index (χ2n) is 5.97. The van der Waals surface area contributed by atoms with Gasteiger partial charge in [-0.3, -0.25) is 0 Å². The van der Waals surface area contributed by atoms with E-state index in [-0.39, 0.29) is 18.5 Å². The fraction of sp³-hybridized carbons (Fsp3) is 0.333. The van der Waals surface area contributed by atoms with Crippen molar-refractivity contribution in [3.05, 3.63) is 52.4 Å². The van der Waals surface area contributed by atoms with Crippen LogP contribution in [-0.4, -0.2) is 41.8 Å². The molecule has 0 atom stereocenters. The summed E-state index contributed by atoms with van der Waals surface area (Å²) in [5.74, 6) is -0.124. The second-order valence-corrected chi connectivity index (χ2v) is 6.92. The van der Waals surface area contributed by atoms with E-state index in [0.29, 0.717) is 18.7 Å². The SMILES string of the molecule is O=C(NCc1ccnc(OCC(F)(F)F)c1)N1CC=C(c2cccs2)CC1. The highest BCUT2D eigenvalue weighted by Crippen LogP contribution is 2.26. The second kappa shape index (κ2) is 8.43. The summed E-state index contributed by atoms with van der Waals surface area (Å²) in [6.45, 7) is -0.0779. The van der Waals surface area contributed by atoms with Crippen LogP contribution >= 0.6 is 11.3 Å². The largest absolute Gasteiger partial charge is 0.468 e. The van der Waals surface area contributed by atoms with Gasteiger partial charge in [-0.1, -0.05) is 12.1 Å². The van der Waals surface area contributed by atoms with Crippen molar-refractivity contribution < 1.29 is 22.7 Å². The summed E-state index contributed by atoms with van der Waals surface area (Å²) in [6, 6.07) is 6.85. The number of carbonyl (C=O) groups excluding carboxylic acids is 1. The molecule has 0 saturated heterocycles. The van der Waals surface area contributed by atoms with Crippen molar-refractivity contribution in [2.45, 2.75) is 19.1 Å². The standard InChI is InChI=1S/C18H18F3N3O2S/c19-18(20,21)12-26-16-10-13(3-6-22-16)11-23-17(25)24-7-4-14(5-8-24)15-2-1-9-27-15/h1-4,6,9-10H,5,7-8,11-12H2,(H,23,25). The predicted molar refractivity (Wildman–Crippen MR) is 96.5 cm³/mol. The average molecular weight is 397 g/mol. The molecule has 1 N–H and O–H groups in total. The number of amides is 2. The van der Waals surface area contributed by atoms with E-state index in [1.165, 1.54) is 22.7 Å². The maximum absolute atomic E-state index is 12.3. The van der Waals surface area contributed by atoms with E-state index in [9.17, 15) is 18.0 Å². The molecule has 1 aliphatic heterocycles. The van der Waals surface area contributed by atoms with E-state index in [1.54, 1.807) is 22.3 Å². The van der Waals surface area contributed by atoms with Gasteiger partial charge in [0.05, 0.1) is 0 Å². The van der Waals surface area contributed by atoms with Crippen molar-refractivity contribution in [3.63, 3.8) is 0 Å². The number of thiophene rings is 1. The maximum atomic E-state index is 12.3. The van der Waals surface area contributed by atoms with Gasteiger partial charge in [-0.15, -0.1) is 11.3 Å². The highest BCUT2D eigenvalue weighted by molar-refractivity contribution is 7.11. The number of pyridine rings is 1. The van der Waals surface area contributed by atoms with E-state index < -0.39 is 12.8 Å². The molecule has 0 radical (unpaired) electrons. The summed E-state index contributed by atoms with van der Waals surface area (Å²) in [4.78, 5) is 19.0. The number of hydrogen-bond donors (Lipinski definition) is 1. The third-order valence-corrected chi connectivity index (χ3v) is 4.91. The lowest BCUT2D eigenvalue weighted by Crippen LogP contribution is -2.41. The lowest BCUT2D eigenvalue weighted by molar-refractivity contribution is -0.154. The van der Waals surface area contributed by atoms with E-state index in [2.05, 4.69) is 21.1 Å².